The highest BCUT2D eigenvalue weighted by Gasteiger charge is 2.06. The normalized spacial score (nSPS) is 10.7. The molecule has 0 spiro atoms. The Bertz CT molecular complexity index is 529. The Hall–Kier alpha value is -1.68. The number of rotatable bonds is 6. The van der Waals surface area contributed by atoms with E-state index in [1.807, 2.05) is 18.2 Å². The molecule has 1 heterocycles. The van der Waals surface area contributed by atoms with E-state index in [0.29, 0.717) is 5.92 Å². The van der Waals surface area contributed by atoms with E-state index in [-0.39, 0.29) is 0 Å². The van der Waals surface area contributed by atoms with Gasteiger partial charge in [-0.1, -0.05) is 62.1 Å². The molecule has 0 bridgehead atoms. The van der Waals surface area contributed by atoms with Crippen molar-refractivity contribution < 1.29 is 0 Å². The lowest BCUT2D eigenvalue weighted by atomic mass is 10.1. The molecule has 0 saturated carbocycles. The minimum Gasteiger partial charge on any atom is -0.360 e. The third kappa shape index (κ3) is 3.89. The van der Waals surface area contributed by atoms with Crippen molar-refractivity contribution in [1.82, 2.24) is 10.2 Å². The number of hydrogen-bond acceptors (Lipinski definition) is 4. The molecule has 0 atom stereocenters. The quantitative estimate of drug-likeness (QED) is 0.852. The van der Waals surface area contributed by atoms with Crippen LogP contribution >= 0.6 is 11.3 Å². The number of anilines is 1. The third-order valence-electron chi connectivity index (χ3n) is 2.82. The molecular weight excluding hydrogens is 254 g/mol. The predicted molar refractivity (Wildman–Crippen MR) is 83.4 cm³/mol. The minimum absolute atomic E-state index is 0.700. The van der Waals surface area contributed by atoms with Gasteiger partial charge in [0.2, 0.25) is 5.13 Å². The summed E-state index contributed by atoms with van der Waals surface area (Å²) in [7, 11) is 0. The maximum absolute atomic E-state index is 4.22. The van der Waals surface area contributed by atoms with Gasteiger partial charge in [-0.25, -0.2) is 0 Å². The molecule has 1 aromatic carbocycles. The van der Waals surface area contributed by atoms with Crippen LogP contribution in [0.1, 0.15) is 25.8 Å². The van der Waals surface area contributed by atoms with Crippen molar-refractivity contribution in [1.29, 1.82) is 0 Å². The molecule has 2 rings (SSSR count). The van der Waals surface area contributed by atoms with Crippen LogP contribution in [0, 0.1) is 5.92 Å². The molecule has 19 heavy (non-hydrogen) atoms. The van der Waals surface area contributed by atoms with Gasteiger partial charge >= 0.3 is 0 Å². The van der Waals surface area contributed by atoms with Crippen LogP contribution in [0.2, 0.25) is 0 Å². The molecular formula is C15H19N3S. The molecule has 4 heteroatoms. The first-order valence-corrected chi connectivity index (χ1v) is 7.31. The summed E-state index contributed by atoms with van der Waals surface area (Å²) in [5, 5.41) is 13.5. The molecule has 0 saturated heterocycles. The van der Waals surface area contributed by atoms with Gasteiger partial charge in [0.15, 0.2) is 0 Å². The third-order valence-corrected chi connectivity index (χ3v) is 3.75. The lowest BCUT2D eigenvalue weighted by Crippen LogP contribution is -2.04. The van der Waals surface area contributed by atoms with Gasteiger partial charge < -0.3 is 5.32 Å². The van der Waals surface area contributed by atoms with Crippen LogP contribution in [0.15, 0.2) is 30.8 Å². The van der Waals surface area contributed by atoms with Gasteiger partial charge in [-0.2, -0.15) is 0 Å². The van der Waals surface area contributed by atoms with Crippen molar-refractivity contribution in [3.05, 3.63) is 36.4 Å². The first kappa shape index (κ1) is 13.7. The van der Waals surface area contributed by atoms with Crippen molar-refractivity contribution >= 4 is 22.5 Å². The Labute approximate surface area is 118 Å². The zero-order valence-corrected chi connectivity index (χ0v) is 12.2. The van der Waals surface area contributed by atoms with Crippen LogP contribution in [0.5, 0.6) is 0 Å². The predicted octanol–water partition coefficient (Wildman–Crippen LogP) is 4.31. The van der Waals surface area contributed by atoms with E-state index in [1.54, 1.807) is 11.3 Å². The first-order chi connectivity index (χ1) is 9.19. The zero-order valence-electron chi connectivity index (χ0n) is 11.4. The average molecular weight is 273 g/mol. The SMILES string of the molecule is C=Cc1ccc(-c2nnc(NCCC(C)C)s2)cc1. The summed E-state index contributed by atoms with van der Waals surface area (Å²) in [6.07, 6.45) is 2.98. The van der Waals surface area contributed by atoms with Gasteiger partial charge in [-0.3, -0.25) is 0 Å². The average Bonchev–Trinajstić information content (AvgIpc) is 2.87. The summed E-state index contributed by atoms with van der Waals surface area (Å²) in [5.74, 6) is 0.700. The second-order valence-electron chi connectivity index (χ2n) is 4.85. The van der Waals surface area contributed by atoms with Gasteiger partial charge in [0.25, 0.3) is 0 Å². The van der Waals surface area contributed by atoms with E-state index < -0.39 is 0 Å². The summed E-state index contributed by atoms with van der Waals surface area (Å²) < 4.78 is 0. The lowest BCUT2D eigenvalue weighted by Gasteiger charge is -2.03. The maximum atomic E-state index is 4.22. The molecule has 0 radical (unpaired) electrons. The highest BCUT2D eigenvalue weighted by molar-refractivity contribution is 7.18. The van der Waals surface area contributed by atoms with E-state index in [4.69, 9.17) is 0 Å². The van der Waals surface area contributed by atoms with Crippen LogP contribution in [-0.4, -0.2) is 16.7 Å². The zero-order chi connectivity index (χ0) is 13.7. The molecule has 0 aliphatic heterocycles. The summed E-state index contributed by atoms with van der Waals surface area (Å²) in [4.78, 5) is 0. The molecule has 0 unspecified atom stereocenters. The van der Waals surface area contributed by atoms with Crippen LogP contribution < -0.4 is 5.32 Å². The fourth-order valence-corrected chi connectivity index (χ4v) is 2.42. The number of benzene rings is 1. The fraction of sp³-hybridized carbons (Fsp3) is 0.333. The summed E-state index contributed by atoms with van der Waals surface area (Å²) >= 11 is 1.59. The number of nitrogens with zero attached hydrogens (tertiary/aromatic N) is 2. The molecule has 0 aliphatic carbocycles. The second kappa shape index (κ2) is 6.48. The maximum Gasteiger partial charge on any atom is 0.206 e. The molecule has 2 aromatic rings. The largest absolute Gasteiger partial charge is 0.360 e. The van der Waals surface area contributed by atoms with Gasteiger partial charge in [0.05, 0.1) is 0 Å². The van der Waals surface area contributed by atoms with E-state index in [0.717, 1.165) is 34.2 Å². The van der Waals surface area contributed by atoms with Crippen LogP contribution in [-0.2, 0) is 0 Å². The van der Waals surface area contributed by atoms with Crippen molar-refractivity contribution in [2.75, 3.05) is 11.9 Å². The smallest absolute Gasteiger partial charge is 0.206 e. The Kier molecular flexibility index (Phi) is 4.68. The first-order valence-electron chi connectivity index (χ1n) is 6.49. The lowest BCUT2D eigenvalue weighted by molar-refractivity contribution is 0.607. The summed E-state index contributed by atoms with van der Waals surface area (Å²) in [5.41, 5.74) is 2.21. The summed E-state index contributed by atoms with van der Waals surface area (Å²) in [6, 6.07) is 8.18. The molecule has 1 N–H and O–H groups in total. The standard InChI is InChI=1S/C15H19N3S/c1-4-12-5-7-13(8-6-12)14-17-18-15(19-14)16-10-9-11(2)3/h4-8,11H,1,9-10H2,2-3H3,(H,16,18). The minimum atomic E-state index is 0.700. The number of nitrogens with one attached hydrogen (secondary N) is 1. The second-order valence-corrected chi connectivity index (χ2v) is 5.83. The Morgan fingerprint density at radius 2 is 2.00 bits per heavy atom. The number of hydrogen-bond donors (Lipinski definition) is 1. The van der Waals surface area contributed by atoms with E-state index in [9.17, 15) is 0 Å². The number of aromatic nitrogens is 2. The van der Waals surface area contributed by atoms with Gasteiger partial charge in [0, 0.05) is 12.1 Å². The van der Waals surface area contributed by atoms with Crippen molar-refractivity contribution in [3.8, 4) is 10.6 Å². The van der Waals surface area contributed by atoms with E-state index >= 15 is 0 Å². The molecule has 100 valence electrons. The fourth-order valence-electron chi connectivity index (χ4n) is 1.64. The van der Waals surface area contributed by atoms with E-state index in [2.05, 4.69) is 48.1 Å². The van der Waals surface area contributed by atoms with Crippen LogP contribution in [0.4, 0.5) is 5.13 Å². The van der Waals surface area contributed by atoms with Crippen LogP contribution in [0.25, 0.3) is 16.6 Å². The molecule has 0 amide bonds. The Balaban J connectivity index is 2.01. The Morgan fingerprint density at radius 1 is 1.26 bits per heavy atom. The monoisotopic (exact) mass is 273 g/mol. The summed E-state index contributed by atoms with van der Waals surface area (Å²) in [6.45, 7) is 9.13. The highest BCUT2D eigenvalue weighted by atomic mass is 32.1. The molecule has 0 aliphatic rings. The highest BCUT2D eigenvalue weighted by Crippen LogP contribution is 2.26. The van der Waals surface area contributed by atoms with E-state index in [1.165, 1.54) is 0 Å². The van der Waals surface area contributed by atoms with Gasteiger partial charge in [0.1, 0.15) is 5.01 Å². The molecule has 3 nitrogen and oxygen atoms in total. The molecule has 0 fully saturated rings. The van der Waals surface area contributed by atoms with Crippen molar-refractivity contribution in [2.45, 2.75) is 20.3 Å². The van der Waals surface area contributed by atoms with Gasteiger partial charge in [-0.05, 0) is 17.9 Å². The van der Waals surface area contributed by atoms with Crippen molar-refractivity contribution in [3.63, 3.8) is 0 Å². The topological polar surface area (TPSA) is 37.8 Å². The van der Waals surface area contributed by atoms with Crippen molar-refractivity contribution in [2.24, 2.45) is 5.92 Å². The molecule has 1 aromatic heterocycles. The van der Waals surface area contributed by atoms with Crippen LogP contribution in [0.3, 0.4) is 0 Å². The van der Waals surface area contributed by atoms with Gasteiger partial charge in [-0.15, -0.1) is 10.2 Å². The Morgan fingerprint density at radius 3 is 2.63 bits per heavy atom.